The third kappa shape index (κ3) is 4.68. The molecule has 0 bridgehead atoms. The van der Waals surface area contributed by atoms with E-state index in [1.54, 1.807) is 12.5 Å². The summed E-state index contributed by atoms with van der Waals surface area (Å²) >= 11 is 0. The molecule has 0 unspecified atom stereocenters. The lowest BCUT2D eigenvalue weighted by atomic mass is 10.2. The van der Waals surface area contributed by atoms with Crippen LogP contribution in [0.4, 0.5) is 4.79 Å². The fraction of sp³-hybridized carbons (Fsp3) is 0.364. The minimum atomic E-state index is -0.235. The molecule has 2 atom stereocenters. The molecule has 2 amide bonds. The number of urea groups is 1. The first-order valence-corrected chi connectivity index (χ1v) is 10.1. The summed E-state index contributed by atoms with van der Waals surface area (Å²) in [5, 5.41) is 5.95. The number of benzene rings is 1. The zero-order chi connectivity index (χ0) is 20.1. The van der Waals surface area contributed by atoms with E-state index in [9.17, 15) is 4.79 Å². The lowest BCUT2D eigenvalue weighted by Gasteiger charge is -2.26. The topological polar surface area (TPSA) is 86.2 Å². The number of carbonyl (C=O) groups excluding carboxylic acids is 1. The molecule has 1 aliphatic heterocycles. The second-order valence-electron chi connectivity index (χ2n) is 7.40. The Morgan fingerprint density at radius 2 is 2.00 bits per heavy atom. The van der Waals surface area contributed by atoms with Crippen LogP contribution in [-0.2, 0) is 0 Å². The maximum Gasteiger partial charge on any atom is 0.315 e. The van der Waals surface area contributed by atoms with E-state index in [-0.39, 0.29) is 18.1 Å². The number of aromatic nitrogens is 2. The molecular formula is C22H27N5O2. The highest BCUT2D eigenvalue weighted by atomic mass is 16.3. The van der Waals surface area contributed by atoms with Crippen molar-refractivity contribution in [3.8, 4) is 11.3 Å². The lowest BCUT2D eigenvalue weighted by Crippen LogP contribution is -2.42. The number of rotatable bonds is 7. The molecule has 0 spiro atoms. The number of amides is 2. The van der Waals surface area contributed by atoms with Gasteiger partial charge in [0, 0.05) is 6.54 Å². The summed E-state index contributed by atoms with van der Waals surface area (Å²) in [6.07, 6.45) is 5.84. The zero-order valence-electron chi connectivity index (χ0n) is 16.6. The molecule has 29 heavy (non-hydrogen) atoms. The SMILES string of the molecule is C[C@@H](NC(=O)NC[C@@H](c1ccco1)N1CCCC1)c1ncc(-c2ccccc2)[nH]1. The summed E-state index contributed by atoms with van der Waals surface area (Å²) in [6.45, 7) is 4.47. The van der Waals surface area contributed by atoms with Gasteiger partial charge >= 0.3 is 6.03 Å². The van der Waals surface area contributed by atoms with Crippen LogP contribution in [0, 0.1) is 0 Å². The average Bonchev–Trinajstić information content (AvgIpc) is 3.51. The molecule has 1 saturated heterocycles. The van der Waals surface area contributed by atoms with Crippen LogP contribution in [0.25, 0.3) is 11.3 Å². The third-order valence-corrected chi connectivity index (χ3v) is 5.35. The highest BCUT2D eigenvalue weighted by Crippen LogP contribution is 2.25. The van der Waals surface area contributed by atoms with E-state index in [4.69, 9.17) is 4.42 Å². The Labute approximate surface area is 170 Å². The normalized spacial score (nSPS) is 16.4. The van der Waals surface area contributed by atoms with Crippen molar-refractivity contribution in [2.45, 2.75) is 31.8 Å². The minimum absolute atomic E-state index is 0.0573. The molecule has 1 aliphatic rings. The molecule has 0 radical (unpaired) electrons. The molecule has 2 aromatic heterocycles. The van der Waals surface area contributed by atoms with Crippen LogP contribution in [-0.4, -0.2) is 40.5 Å². The number of aromatic amines is 1. The van der Waals surface area contributed by atoms with Gasteiger partial charge in [0.25, 0.3) is 0 Å². The van der Waals surface area contributed by atoms with E-state index in [0.717, 1.165) is 35.9 Å². The summed E-state index contributed by atoms with van der Waals surface area (Å²) in [7, 11) is 0. The van der Waals surface area contributed by atoms with Gasteiger partial charge in [0.2, 0.25) is 0 Å². The number of imidazole rings is 1. The first-order chi connectivity index (χ1) is 14.2. The smallest absolute Gasteiger partial charge is 0.315 e. The van der Waals surface area contributed by atoms with Gasteiger partial charge in [-0.1, -0.05) is 30.3 Å². The molecule has 152 valence electrons. The predicted octanol–water partition coefficient (Wildman–Crippen LogP) is 3.87. The van der Waals surface area contributed by atoms with Crippen LogP contribution in [0.15, 0.2) is 59.3 Å². The maximum atomic E-state index is 12.5. The van der Waals surface area contributed by atoms with E-state index < -0.39 is 0 Å². The number of hydrogen-bond donors (Lipinski definition) is 3. The van der Waals surface area contributed by atoms with Gasteiger partial charge in [-0.05, 0) is 50.6 Å². The summed E-state index contributed by atoms with van der Waals surface area (Å²) in [5.41, 5.74) is 2.00. The van der Waals surface area contributed by atoms with Gasteiger partial charge in [-0.25, -0.2) is 9.78 Å². The summed E-state index contributed by atoms with van der Waals surface area (Å²) in [5.74, 6) is 1.61. The lowest BCUT2D eigenvalue weighted by molar-refractivity contribution is 0.202. The Hall–Kier alpha value is -3.06. The van der Waals surface area contributed by atoms with E-state index in [1.165, 1.54) is 12.8 Å². The van der Waals surface area contributed by atoms with Gasteiger partial charge < -0.3 is 20.0 Å². The zero-order valence-corrected chi connectivity index (χ0v) is 16.6. The van der Waals surface area contributed by atoms with Crippen molar-refractivity contribution >= 4 is 6.03 Å². The van der Waals surface area contributed by atoms with E-state index in [2.05, 4.69) is 25.5 Å². The van der Waals surface area contributed by atoms with Gasteiger partial charge in [-0.2, -0.15) is 0 Å². The van der Waals surface area contributed by atoms with Crippen molar-refractivity contribution in [2.75, 3.05) is 19.6 Å². The van der Waals surface area contributed by atoms with Gasteiger partial charge in [0.05, 0.1) is 30.2 Å². The molecule has 3 aromatic rings. The first-order valence-electron chi connectivity index (χ1n) is 10.1. The van der Waals surface area contributed by atoms with Crippen LogP contribution in [0.3, 0.4) is 0 Å². The molecular weight excluding hydrogens is 366 g/mol. The van der Waals surface area contributed by atoms with Crippen molar-refractivity contribution in [1.82, 2.24) is 25.5 Å². The Bertz CT molecular complexity index is 900. The van der Waals surface area contributed by atoms with Gasteiger partial charge in [-0.15, -0.1) is 0 Å². The summed E-state index contributed by atoms with van der Waals surface area (Å²) in [4.78, 5) is 22.6. The quantitative estimate of drug-likeness (QED) is 0.569. The van der Waals surface area contributed by atoms with Crippen molar-refractivity contribution in [3.63, 3.8) is 0 Å². The molecule has 7 nitrogen and oxygen atoms in total. The molecule has 0 aliphatic carbocycles. The van der Waals surface area contributed by atoms with Crippen LogP contribution < -0.4 is 10.6 Å². The number of likely N-dealkylation sites (tertiary alicyclic amines) is 1. The monoisotopic (exact) mass is 393 g/mol. The number of furan rings is 1. The Balaban J connectivity index is 1.33. The standard InChI is InChI=1S/C22H27N5O2/c1-16(21-23-14-18(26-21)17-8-3-2-4-9-17)25-22(28)24-15-19(20-10-7-13-29-20)27-11-5-6-12-27/h2-4,7-10,13-14,16,19H,5-6,11-12,15H2,1H3,(H,23,26)(H2,24,25,28)/t16-,19+/m1/s1. The van der Waals surface area contributed by atoms with E-state index in [1.807, 2.05) is 49.4 Å². The predicted molar refractivity (Wildman–Crippen MR) is 111 cm³/mol. The van der Waals surface area contributed by atoms with Crippen molar-refractivity contribution in [1.29, 1.82) is 0 Å². The van der Waals surface area contributed by atoms with E-state index in [0.29, 0.717) is 6.54 Å². The first kappa shape index (κ1) is 19.3. The maximum absolute atomic E-state index is 12.5. The third-order valence-electron chi connectivity index (χ3n) is 5.35. The Morgan fingerprint density at radius 3 is 2.72 bits per heavy atom. The van der Waals surface area contributed by atoms with Crippen LogP contribution >= 0.6 is 0 Å². The molecule has 0 saturated carbocycles. The second kappa shape index (κ2) is 8.96. The summed E-state index contributed by atoms with van der Waals surface area (Å²) < 4.78 is 5.61. The minimum Gasteiger partial charge on any atom is -0.468 e. The highest BCUT2D eigenvalue weighted by molar-refractivity contribution is 5.74. The molecule has 1 fully saturated rings. The molecule has 7 heteroatoms. The average molecular weight is 393 g/mol. The van der Waals surface area contributed by atoms with Gasteiger partial charge in [0.15, 0.2) is 0 Å². The molecule has 4 rings (SSSR count). The molecule has 3 N–H and O–H groups in total. The number of nitrogens with one attached hydrogen (secondary N) is 3. The number of hydrogen-bond acceptors (Lipinski definition) is 4. The fourth-order valence-corrected chi connectivity index (χ4v) is 3.77. The van der Waals surface area contributed by atoms with Crippen LogP contribution in [0.2, 0.25) is 0 Å². The second-order valence-corrected chi connectivity index (χ2v) is 7.40. The van der Waals surface area contributed by atoms with E-state index >= 15 is 0 Å². The van der Waals surface area contributed by atoms with Gasteiger partial charge in [-0.3, -0.25) is 4.90 Å². The Morgan fingerprint density at radius 1 is 1.21 bits per heavy atom. The summed E-state index contributed by atoms with van der Waals surface area (Å²) in [6, 6.07) is 13.5. The Kier molecular flexibility index (Phi) is 5.95. The molecule has 3 heterocycles. The van der Waals surface area contributed by atoms with Crippen molar-refractivity contribution in [3.05, 3.63) is 66.5 Å². The van der Waals surface area contributed by atoms with Crippen LogP contribution in [0.5, 0.6) is 0 Å². The largest absolute Gasteiger partial charge is 0.468 e. The van der Waals surface area contributed by atoms with Crippen LogP contribution in [0.1, 0.15) is 43.4 Å². The van der Waals surface area contributed by atoms with Crippen molar-refractivity contribution < 1.29 is 9.21 Å². The number of nitrogens with zero attached hydrogens (tertiary/aromatic N) is 2. The number of carbonyl (C=O) groups is 1. The number of H-pyrrole nitrogens is 1. The fourth-order valence-electron chi connectivity index (χ4n) is 3.77. The highest BCUT2D eigenvalue weighted by Gasteiger charge is 2.26. The van der Waals surface area contributed by atoms with Crippen molar-refractivity contribution in [2.24, 2.45) is 0 Å². The van der Waals surface area contributed by atoms with Gasteiger partial charge in [0.1, 0.15) is 11.6 Å². The molecule has 1 aromatic carbocycles.